The third-order valence-corrected chi connectivity index (χ3v) is 5.72. The molecule has 1 aliphatic rings. The van der Waals surface area contributed by atoms with E-state index in [1.165, 1.54) is 16.7 Å². The Kier molecular flexibility index (Phi) is 7.71. The van der Waals surface area contributed by atoms with Crippen molar-refractivity contribution in [1.29, 1.82) is 0 Å². The largest absolute Gasteiger partial charge is 0.352 e. The van der Waals surface area contributed by atoms with E-state index in [-0.39, 0.29) is 0 Å². The van der Waals surface area contributed by atoms with Gasteiger partial charge in [0, 0.05) is 65.3 Å². The van der Waals surface area contributed by atoms with Crippen molar-refractivity contribution in [1.82, 2.24) is 24.7 Å². The first-order chi connectivity index (χ1) is 15.8. The number of imidazole rings is 1. The van der Waals surface area contributed by atoms with Gasteiger partial charge in [0.1, 0.15) is 0 Å². The lowest BCUT2D eigenvalue weighted by atomic mass is 10.1. The van der Waals surface area contributed by atoms with Crippen molar-refractivity contribution in [2.45, 2.75) is 13.1 Å². The molecule has 0 saturated carbocycles. The number of hydrogen-bond donors (Lipinski definition) is 1. The molecule has 1 fully saturated rings. The first-order valence-corrected chi connectivity index (χ1v) is 11.2. The van der Waals surface area contributed by atoms with Crippen LogP contribution in [-0.4, -0.2) is 65.1 Å². The monoisotopic (exact) mass is 428 g/mol. The van der Waals surface area contributed by atoms with E-state index in [0.717, 1.165) is 51.8 Å². The highest BCUT2D eigenvalue weighted by molar-refractivity contribution is 5.80. The zero-order chi connectivity index (χ0) is 22.0. The van der Waals surface area contributed by atoms with Crippen LogP contribution in [0.25, 0.3) is 6.08 Å². The maximum absolute atomic E-state index is 4.52. The second kappa shape index (κ2) is 11.3. The smallest absolute Gasteiger partial charge is 0.194 e. The maximum atomic E-state index is 4.52. The van der Waals surface area contributed by atoms with Crippen molar-refractivity contribution in [2.75, 3.05) is 39.8 Å². The second-order valence-corrected chi connectivity index (χ2v) is 8.06. The Morgan fingerprint density at radius 1 is 1.03 bits per heavy atom. The molecule has 0 atom stereocenters. The minimum atomic E-state index is 0.768. The van der Waals surface area contributed by atoms with Gasteiger partial charge in [0.25, 0.3) is 0 Å². The van der Waals surface area contributed by atoms with Gasteiger partial charge >= 0.3 is 0 Å². The predicted molar refractivity (Wildman–Crippen MR) is 131 cm³/mol. The number of piperazine rings is 1. The van der Waals surface area contributed by atoms with Crippen molar-refractivity contribution in [2.24, 2.45) is 4.99 Å². The summed E-state index contributed by atoms with van der Waals surface area (Å²) in [6.45, 7) is 6.64. The molecule has 4 rings (SSSR count). The summed E-state index contributed by atoms with van der Waals surface area (Å²) >= 11 is 0. The zero-order valence-corrected chi connectivity index (χ0v) is 18.8. The minimum Gasteiger partial charge on any atom is -0.352 e. The summed E-state index contributed by atoms with van der Waals surface area (Å²) in [5, 5.41) is 3.55. The topological polar surface area (TPSA) is 48.7 Å². The summed E-state index contributed by atoms with van der Waals surface area (Å²) in [4.78, 5) is 13.5. The molecule has 1 aliphatic heterocycles. The summed E-state index contributed by atoms with van der Waals surface area (Å²) < 4.78 is 2.08. The summed E-state index contributed by atoms with van der Waals surface area (Å²) in [7, 11) is 1.87. The third kappa shape index (κ3) is 6.31. The Labute approximate surface area is 190 Å². The van der Waals surface area contributed by atoms with E-state index < -0.39 is 0 Å². The van der Waals surface area contributed by atoms with Gasteiger partial charge in [-0.05, 0) is 16.7 Å². The van der Waals surface area contributed by atoms with Gasteiger partial charge in [0.2, 0.25) is 0 Å². The standard InChI is InChI=1S/C26H32N6/c1-27-26(29-20-24-9-5-10-25(19-24)21-31-14-12-28-22-31)32-17-15-30(16-18-32)13-6-11-23-7-3-2-4-8-23/h2-12,14,19,22H,13,15-18,20-21H2,1H3,(H,27,29)/b11-6+. The Morgan fingerprint density at radius 3 is 2.59 bits per heavy atom. The van der Waals surface area contributed by atoms with Gasteiger partial charge in [-0.25, -0.2) is 4.98 Å². The molecule has 0 aliphatic carbocycles. The molecule has 32 heavy (non-hydrogen) atoms. The Hall–Kier alpha value is -3.38. The molecule has 3 aromatic rings. The summed E-state index contributed by atoms with van der Waals surface area (Å²) in [5.74, 6) is 0.976. The average molecular weight is 429 g/mol. The highest BCUT2D eigenvalue weighted by atomic mass is 15.3. The lowest BCUT2D eigenvalue weighted by molar-refractivity contribution is 0.194. The van der Waals surface area contributed by atoms with Gasteiger partial charge in [-0.3, -0.25) is 9.89 Å². The Bertz CT molecular complexity index is 1000. The van der Waals surface area contributed by atoms with Crippen LogP contribution in [0.1, 0.15) is 16.7 Å². The molecular weight excluding hydrogens is 396 g/mol. The molecule has 2 aromatic carbocycles. The van der Waals surface area contributed by atoms with E-state index in [9.17, 15) is 0 Å². The van der Waals surface area contributed by atoms with Crippen LogP contribution in [0.5, 0.6) is 0 Å². The van der Waals surface area contributed by atoms with Crippen LogP contribution >= 0.6 is 0 Å². The van der Waals surface area contributed by atoms with Crippen LogP contribution in [0, 0.1) is 0 Å². The molecule has 166 valence electrons. The fraction of sp³-hybridized carbons (Fsp3) is 0.308. The van der Waals surface area contributed by atoms with Gasteiger partial charge in [0.15, 0.2) is 5.96 Å². The van der Waals surface area contributed by atoms with Crippen LogP contribution in [0.2, 0.25) is 0 Å². The molecule has 1 aromatic heterocycles. The Balaban J connectivity index is 1.23. The lowest BCUT2D eigenvalue weighted by Gasteiger charge is -2.36. The van der Waals surface area contributed by atoms with Crippen LogP contribution in [0.3, 0.4) is 0 Å². The molecule has 0 spiro atoms. The van der Waals surface area contributed by atoms with Gasteiger partial charge in [-0.2, -0.15) is 0 Å². The van der Waals surface area contributed by atoms with Gasteiger partial charge in [-0.15, -0.1) is 0 Å². The van der Waals surface area contributed by atoms with E-state index in [0.29, 0.717) is 0 Å². The Morgan fingerprint density at radius 2 is 1.84 bits per heavy atom. The number of guanidine groups is 1. The molecular formula is C26H32N6. The number of aromatic nitrogens is 2. The normalized spacial score (nSPS) is 15.4. The fourth-order valence-corrected chi connectivity index (χ4v) is 3.99. The number of aliphatic imine (C=N–C) groups is 1. The highest BCUT2D eigenvalue weighted by Crippen LogP contribution is 2.09. The summed E-state index contributed by atoms with van der Waals surface area (Å²) in [6.07, 6.45) is 10.1. The van der Waals surface area contributed by atoms with Crippen molar-refractivity contribution in [3.8, 4) is 0 Å². The quantitative estimate of drug-likeness (QED) is 0.463. The van der Waals surface area contributed by atoms with Crippen LogP contribution in [0.15, 0.2) is 84.4 Å². The molecule has 0 amide bonds. The first kappa shape index (κ1) is 21.8. The van der Waals surface area contributed by atoms with E-state index in [1.807, 2.05) is 25.8 Å². The minimum absolute atomic E-state index is 0.768. The maximum Gasteiger partial charge on any atom is 0.194 e. The lowest BCUT2D eigenvalue weighted by Crippen LogP contribution is -2.52. The van der Waals surface area contributed by atoms with Crippen molar-refractivity contribution in [3.63, 3.8) is 0 Å². The SMILES string of the molecule is CN=C(NCc1cccc(Cn2ccnc2)c1)N1CCN(C/C=C/c2ccccc2)CC1. The van der Waals surface area contributed by atoms with Gasteiger partial charge < -0.3 is 14.8 Å². The summed E-state index contributed by atoms with van der Waals surface area (Å²) in [6, 6.07) is 19.2. The van der Waals surface area contributed by atoms with Gasteiger partial charge in [-0.1, -0.05) is 66.7 Å². The van der Waals surface area contributed by atoms with E-state index in [4.69, 9.17) is 0 Å². The number of rotatable bonds is 7. The number of benzene rings is 2. The van der Waals surface area contributed by atoms with Crippen LogP contribution in [0.4, 0.5) is 0 Å². The third-order valence-electron chi connectivity index (χ3n) is 5.72. The molecule has 6 heteroatoms. The van der Waals surface area contributed by atoms with Crippen molar-refractivity contribution < 1.29 is 0 Å². The second-order valence-electron chi connectivity index (χ2n) is 8.06. The molecule has 0 radical (unpaired) electrons. The zero-order valence-electron chi connectivity index (χ0n) is 18.8. The molecule has 6 nitrogen and oxygen atoms in total. The first-order valence-electron chi connectivity index (χ1n) is 11.2. The van der Waals surface area contributed by atoms with E-state index in [2.05, 4.69) is 96.4 Å². The number of nitrogens with zero attached hydrogens (tertiary/aromatic N) is 5. The van der Waals surface area contributed by atoms with Crippen LogP contribution in [-0.2, 0) is 13.1 Å². The molecule has 1 saturated heterocycles. The number of nitrogens with one attached hydrogen (secondary N) is 1. The fourth-order valence-electron chi connectivity index (χ4n) is 3.99. The molecule has 0 unspecified atom stereocenters. The predicted octanol–water partition coefficient (Wildman–Crippen LogP) is 3.34. The molecule has 1 N–H and O–H groups in total. The van der Waals surface area contributed by atoms with Gasteiger partial charge in [0.05, 0.1) is 6.33 Å². The highest BCUT2D eigenvalue weighted by Gasteiger charge is 2.18. The molecule has 0 bridgehead atoms. The van der Waals surface area contributed by atoms with Crippen molar-refractivity contribution >= 4 is 12.0 Å². The van der Waals surface area contributed by atoms with E-state index >= 15 is 0 Å². The summed E-state index contributed by atoms with van der Waals surface area (Å²) in [5.41, 5.74) is 3.78. The van der Waals surface area contributed by atoms with Crippen LogP contribution < -0.4 is 5.32 Å². The number of hydrogen-bond acceptors (Lipinski definition) is 3. The molecule has 2 heterocycles. The average Bonchev–Trinajstić information content (AvgIpc) is 3.34. The van der Waals surface area contributed by atoms with Crippen molar-refractivity contribution in [3.05, 3.63) is 96.1 Å². The van der Waals surface area contributed by atoms with E-state index in [1.54, 1.807) is 0 Å².